The van der Waals surface area contributed by atoms with Gasteiger partial charge < -0.3 is 60.0 Å². The zero-order valence-corrected chi connectivity index (χ0v) is 54.2. The second-order valence-electron chi connectivity index (χ2n) is 24.2. The van der Waals surface area contributed by atoms with Gasteiger partial charge in [0.15, 0.2) is 0 Å². The van der Waals surface area contributed by atoms with E-state index < -0.39 is 84.0 Å². The van der Waals surface area contributed by atoms with Crippen molar-refractivity contribution >= 4 is 58.9 Å². The van der Waals surface area contributed by atoms with Crippen LogP contribution in [0.1, 0.15) is 118 Å². The number of carboxylic acids is 1. The van der Waals surface area contributed by atoms with Gasteiger partial charge in [-0.15, -0.1) is 0 Å². The van der Waals surface area contributed by atoms with Gasteiger partial charge in [0.1, 0.15) is 18.1 Å². The van der Waals surface area contributed by atoms with E-state index in [-0.39, 0.29) is 106 Å². The first-order chi connectivity index (χ1) is 41.8. The second-order valence-corrected chi connectivity index (χ2v) is 24.2. The summed E-state index contributed by atoms with van der Waals surface area (Å²) in [5.74, 6) is -5.11. The zero-order chi connectivity index (χ0) is 65.2. The van der Waals surface area contributed by atoms with E-state index in [1.165, 1.54) is 14.2 Å². The molecule has 2 aliphatic rings. The average Bonchev–Trinajstić information content (AvgIpc) is 4.12. The van der Waals surface area contributed by atoms with Crippen molar-refractivity contribution < 1.29 is 72.0 Å². The van der Waals surface area contributed by atoms with Gasteiger partial charge in [0.25, 0.3) is 5.91 Å². The van der Waals surface area contributed by atoms with Crippen molar-refractivity contribution in [1.29, 1.82) is 0 Å². The first-order valence-electron chi connectivity index (χ1n) is 31.0. The van der Waals surface area contributed by atoms with Crippen LogP contribution in [-0.4, -0.2) is 208 Å². The number of benzene rings is 2. The predicted octanol–water partition coefficient (Wildman–Crippen LogP) is 4.19. The fourth-order valence-electron chi connectivity index (χ4n) is 11.5. The van der Waals surface area contributed by atoms with Crippen molar-refractivity contribution in [3.05, 3.63) is 65.7 Å². The van der Waals surface area contributed by atoms with Crippen LogP contribution in [0.5, 0.6) is 0 Å². The number of ether oxygens (including phenoxy) is 4. The fourth-order valence-corrected chi connectivity index (χ4v) is 11.5. The van der Waals surface area contributed by atoms with Crippen LogP contribution in [0, 0.1) is 29.6 Å². The van der Waals surface area contributed by atoms with Gasteiger partial charge in [0.05, 0.1) is 88.0 Å². The third-order valence-corrected chi connectivity index (χ3v) is 16.8. The molecule has 0 aromatic heterocycles. The van der Waals surface area contributed by atoms with Crippen LogP contribution in [0.2, 0.25) is 0 Å². The quantitative estimate of drug-likeness (QED) is 0.0408. The lowest BCUT2D eigenvalue weighted by Crippen LogP contribution is -2.59. The molecule has 0 radical (unpaired) electrons. The van der Waals surface area contributed by atoms with Crippen LogP contribution >= 0.6 is 0 Å². The van der Waals surface area contributed by atoms with E-state index in [4.69, 9.17) is 28.9 Å². The van der Waals surface area contributed by atoms with E-state index in [0.717, 1.165) is 5.56 Å². The highest BCUT2D eigenvalue weighted by Crippen LogP contribution is 2.30. The topological polar surface area (TPSA) is 293 Å². The molecular formula is C64H101N9O15. The predicted molar refractivity (Wildman–Crippen MR) is 331 cm³/mol. The number of carboxylic acid groups (broad SMARTS) is 1. The maximum absolute atomic E-state index is 14.5. The van der Waals surface area contributed by atoms with Crippen molar-refractivity contribution in [3.8, 4) is 0 Å². The summed E-state index contributed by atoms with van der Waals surface area (Å²) in [6, 6.07) is 11.7. The van der Waals surface area contributed by atoms with Gasteiger partial charge in [-0.2, -0.15) is 0 Å². The van der Waals surface area contributed by atoms with Crippen molar-refractivity contribution in [1.82, 2.24) is 41.0 Å². The number of carbonyl (C=O) groups is 9. The Labute approximate surface area is 520 Å². The lowest BCUT2D eigenvalue weighted by atomic mass is 9.89. The number of aliphatic carboxylic acids is 1. The normalized spacial score (nSPS) is 17.7. The average molecular weight is 1240 g/mol. The molecular weight excluding hydrogens is 1130 g/mol. The van der Waals surface area contributed by atoms with Gasteiger partial charge in [0, 0.05) is 59.4 Å². The number of methoxy groups -OCH3 is 2. The van der Waals surface area contributed by atoms with E-state index in [1.54, 1.807) is 59.9 Å². The number of rotatable bonds is 37. The highest BCUT2D eigenvalue weighted by Gasteiger charge is 2.44. The summed E-state index contributed by atoms with van der Waals surface area (Å²) in [6.07, 6.45) is 1.59. The molecule has 88 heavy (non-hydrogen) atoms. The Morgan fingerprint density at radius 1 is 0.682 bits per heavy atom. The minimum absolute atomic E-state index is 0.00293. The maximum Gasteiger partial charge on any atom is 0.306 e. The van der Waals surface area contributed by atoms with Crippen molar-refractivity contribution in [2.24, 2.45) is 29.6 Å². The number of anilines is 1. The van der Waals surface area contributed by atoms with Crippen molar-refractivity contribution in [2.75, 3.05) is 86.7 Å². The Morgan fingerprint density at radius 3 is 1.89 bits per heavy atom. The number of nitrogens with zero attached hydrogens (tertiary/aromatic N) is 4. The third kappa shape index (κ3) is 22.8. The monoisotopic (exact) mass is 1240 g/mol. The van der Waals surface area contributed by atoms with Gasteiger partial charge in [-0.05, 0) is 87.7 Å². The third-order valence-electron chi connectivity index (χ3n) is 16.8. The summed E-state index contributed by atoms with van der Waals surface area (Å²) < 4.78 is 23.1. The molecule has 0 spiro atoms. The van der Waals surface area contributed by atoms with Crippen LogP contribution in [0.25, 0.3) is 0 Å². The molecule has 2 aromatic carbocycles. The summed E-state index contributed by atoms with van der Waals surface area (Å²) in [5.41, 5.74) is 4.38. The van der Waals surface area contributed by atoms with Crippen LogP contribution in [0.4, 0.5) is 5.69 Å². The molecule has 24 heteroatoms. The van der Waals surface area contributed by atoms with E-state index in [1.807, 2.05) is 90.9 Å². The molecule has 2 heterocycles. The summed E-state index contributed by atoms with van der Waals surface area (Å²) in [7, 11) is 8.41. The molecule has 4 rings (SSSR count). The SMILES string of the molecule is CC[C@H](C)[C@@H]([C@@H](CC(=O)N1CCC[C@H]1[C@H](OC)[C@@H](C)C(=O)N[C@@H](Cc1ccccc1)C(=O)NOCc1ccc(NC(=O)[C@@H](C)NC(=O)CCOCCOCCC(=O)N2CCC(C(=O)O)CC2)cc1)OC)N(C)C(=O)[C@@H](NC(=O)[C@H](C(C)C)N(C)C)C(C)C. The van der Waals surface area contributed by atoms with Gasteiger partial charge in [-0.25, -0.2) is 5.48 Å². The first kappa shape index (κ1) is 73.9. The number of amides is 8. The zero-order valence-electron chi connectivity index (χ0n) is 54.2. The van der Waals surface area contributed by atoms with Gasteiger partial charge in [0.2, 0.25) is 41.4 Å². The molecule has 2 saturated heterocycles. The van der Waals surface area contributed by atoms with Crippen LogP contribution in [0.15, 0.2) is 54.6 Å². The molecule has 8 amide bonds. The molecule has 0 unspecified atom stereocenters. The van der Waals surface area contributed by atoms with Gasteiger partial charge >= 0.3 is 5.97 Å². The summed E-state index contributed by atoms with van der Waals surface area (Å²) in [5, 5.41) is 20.5. The molecule has 2 aromatic rings. The Morgan fingerprint density at radius 2 is 1.32 bits per heavy atom. The summed E-state index contributed by atoms with van der Waals surface area (Å²) in [4.78, 5) is 132. The Bertz CT molecular complexity index is 2540. The maximum atomic E-state index is 14.5. The summed E-state index contributed by atoms with van der Waals surface area (Å²) >= 11 is 0. The van der Waals surface area contributed by atoms with Crippen LogP contribution in [-0.2, 0) is 80.0 Å². The number of hydrogen-bond acceptors (Lipinski definition) is 15. The minimum Gasteiger partial charge on any atom is -0.481 e. The fraction of sp³-hybridized carbons (Fsp3) is 0.672. The molecule has 2 aliphatic heterocycles. The number of nitrogens with one attached hydrogen (secondary N) is 5. The number of likely N-dealkylation sites (N-methyl/N-ethyl adjacent to an activating group) is 2. The Balaban J connectivity index is 1.28. The van der Waals surface area contributed by atoms with Gasteiger partial charge in [-0.3, -0.25) is 52.9 Å². The van der Waals surface area contributed by atoms with E-state index in [9.17, 15) is 43.2 Å². The number of carbonyl (C=O) groups excluding carboxylic acids is 8. The number of hydroxylamine groups is 1. The molecule has 2 fully saturated rings. The molecule has 6 N–H and O–H groups in total. The Hall–Kier alpha value is -6.57. The van der Waals surface area contributed by atoms with Crippen LogP contribution < -0.4 is 26.7 Å². The highest BCUT2D eigenvalue weighted by molar-refractivity contribution is 5.97. The molecule has 0 aliphatic carbocycles. The molecule has 492 valence electrons. The first-order valence-corrected chi connectivity index (χ1v) is 31.0. The van der Waals surface area contributed by atoms with Crippen molar-refractivity contribution in [2.45, 2.75) is 168 Å². The molecule has 0 saturated carbocycles. The standard InChI is InChI=1S/C64H101N9O15/c1-14-42(6)57(71(11)63(81)55(40(2)3)68-62(80)56(41(4)5)70(9)10)51(84-12)38-54(76)73-30-18-21-50(73)58(85-13)43(7)59(77)67-49(37-45-19-16-15-17-20-45)61(79)69-88-39-46-22-24-48(25-23-46)66-60(78)44(8)65-52(74)28-33-86-35-36-87-34-29-53(75)72-31-26-47(27-32-72)64(82)83/h15-17,19-20,22-25,40-44,47,49-51,55-58H,14,18,21,26-39H2,1-13H3,(H,65,74)(H,66,78)(H,67,77)(H,68,80)(H,69,79)(H,82,83)/t42-,43+,44+,49-,50-,51+,55-,56-,57-,58+/m0/s1. The molecule has 24 nitrogen and oxygen atoms in total. The van der Waals surface area contributed by atoms with E-state index in [0.29, 0.717) is 63.0 Å². The largest absolute Gasteiger partial charge is 0.481 e. The molecule has 10 atom stereocenters. The van der Waals surface area contributed by atoms with E-state index >= 15 is 0 Å². The lowest BCUT2D eigenvalue weighted by Gasteiger charge is -2.41. The summed E-state index contributed by atoms with van der Waals surface area (Å²) in [6.45, 7) is 16.9. The van der Waals surface area contributed by atoms with Gasteiger partial charge in [-0.1, -0.05) is 97.4 Å². The number of piperidine rings is 1. The Kier molecular flexibility index (Phi) is 31.4. The van der Waals surface area contributed by atoms with Crippen molar-refractivity contribution in [3.63, 3.8) is 0 Å². The number of hydrogen-bond donors (Lipinski definition) is 6. The lowest BCUT2D eigenvalue weighted by molar-refractivity contribution is -0.148. The molecule has 0 bridgehead atoms. The smallest absolute Gasteiger partial charge is 0.306 e. The van der Waals surface area contributed by atoms with Crippen LogP contribution in [0.3, 0.4) is 0 Å². The van der Waals surface area contributed by atoms with E-state index in [2.05, 4.69) is 26.7 Å². The second kappa shape index (κ2) is 37.4. The highest BCUT2D eigenvalue weighted by atomic mass is 16.7. The minimum atomic E-state index is -1.07. The number of likely N-dealkylation sites (tertiary alicyclic amines) is 2.